The number of benzene rings is 1. The first kappa shape index (κ1) is 13.5. The molecule has 0 saturated carbocycles. The van der Waals surface area contributed by atoms with Crippen LogP contribution >= 0.6 is 0 Å². The van der Waals surface area contributed by atoms with E-state index in [-0.39, 0.29) is 6.10 Å². The number of nitrogens with zero attached hydrogens (tertiary/aromatic N) is 3. The molecule has 0 radical (unpaired) electrons. The number of hydrogen-bond donors (Lipinski definition) is 1. The number of aromatic amines is 1. The predicted octanol–water partition coefficient (Wildman–Crippen LogP) is 2.47. The number of tetrazole rings is 1. The normalized spacial score (nSPS) is 10.9. The number of ether oxygens (including phenoxy) is 1. The highest BCUT2D eigenvalue weighted by molar-refractivity contribution is 5.36. The Balaban J connectivity index is 1.89. The molecular formula is C14H20N4O. The highest BCUT2D eigenvalue weighted by Gasteiger charge is 2.04. The Labute approximate surface area is 113 Å². The van der Waals surface area contributed by atoms with Gasteiger partial charge in [0.2, 0.25) is 0 Å². The molecule has 2 aromatic rings. The maximum absolute atomic E-state index is 5.73. The summed E-state index contributed by atoms with van der Waals surface area (Å²) in [5.74, 6) is 1.74. The fraction of sp³-hybridized carbons (Fsp3) is 0.500. The van der Waals surface area contributed by atoms with Gasteiger partial charge >= 0.3 is 0 Å². The molecule has 0 unspecified atom stereocenters. The Hall–Kier alpha value is -1.91. The van der Waals surface area contributed by atoms with Gasteiger partial charge in [0.1, 0.15) is 5.75 Å². The molecule has 0 aliphatic rings. The minimum Gasteiger partial charge on any atom is -0.491 e. The zero-order valence-corrected chi connectivity index (χ0v) is 11.7. The first-order chi connectivity index (χ1) is 9.15. The van der Waals surface area contributed by atoms with Crippen molar-refractivity contribution >= 4 is 0 Å². The molecule has 2 rings (SSSR count). The number of hydrogen-bond acceptors (Lipinski definition) is 4. The molecule has 19 heavy (non-hydrogen) atoms. The van der Waals surface area contributed by atoms with E-state index >= 15 is 0 Å². The van der Waals surface area contributed by atoms with E-state index < -0.39 is 0 Å². The summed E-state index contributed by atoms with van der Waals surface area (Å²) in [4.78, 5) is 0. The quantitative estimate of drug-likeness (QED) is 0.866. The third-order valence-corrected chi connectivity index (χ3v) is 2.86. The molecule has 0 spiro atoms. The van der Waals surface area contributed by atoms with Crippen molar-refractivity contribution in [2.24, 2.45) is 0 Å². The Morgan fingerprint density at radius 3 is 2.74 bits per heavy atom. The minimum absolute atomic E-state index is 0.211. The van der Waals surface area contributed by atoms with Gasteiger partial charge in [-0.1, -0.05) is 17.3 Å². The number of aryl methyl sites for hydroxylation is 3. The van der Waals surface area contributed by atoms with Gasteiger partial charge in [0.15, 0.2) is 5.82 Å². The molecule has 1 heterocycles. The van der Waals surface area contributed by atoms with Gasteiger partial charge in [-0.25, -0.2) is 0 Å². The fourth-order valence-corrected chi connectivity index (χ4v) is 1.99. The SMILES string of the molecule is Cc1cc(CCCc2nn[nH]n2)ccc1OC(C)C. The van der Waals surface area contributed by atoms with Crippen molar-refractivity contribution in [1.82, 2.24) is 20.6 Å². The third-order valence-electron chi connectivity index (χ3n) is 2.86. The second-order valence-corrected chi connectivity index (χ2v) is 4.95. The van der Waals surface area contributed by atoms with Crippen molar-refractivity contribution in [3.05, 3.63) is 35.2 Å². The van der Waals surface area contributed by atoms with Crippen molar-refractivity contribution in [2.75, 3.05) is 0 Å². The topological polar surface area (TPSA) is 63.7 Å². The van der Waals surface area contributed by atoms with E-state index in [9.17, 15) is 0 Å². The van der Waals surface area contributed by atoms with Crippen molar-refractivity contribution < 1.29 is 4.74 Å². The number of H-pyrrole nitrogens is 1. The van der Waals surface area contributed by atoms with E-state index in [0.29, 0.717) is 0 Å². The van der Waals surface area contributed by atoms with Crippen LogP contribution in [0.4, 0.5) is 0 Å². The molecule has 1 aromatic carbocycles. The van der Waals surface area contributed by atoms with Crippen molar-refractivity contribution in [2.45, 2.75) is 46.1 Å². The van der Waals surface area contributed by atoms with Crippen LogP contribution in [0.15, 0.2) is 18.2 Å². The maximum Gasteiger partial charge on any atom is 0.174 e. The van der Waals surface area contributed by atoms with Crippen LogP contribution in [-0.4, -0.2) is 26.7 Å². The Bertz CT molecular complexity index is 508. The van der Waals surface area contributed by atoms with Gasteiger partial charge in [-0.05, 0) is 50.8 Å². The van der Waals surface area contributed by atoms with Gasteiger partial charge in [-0.3, -0.25) is 0 Å². The Morgan fingerprint density at radius 1 is 1.26 bits per heavy atom. The first-order valence-corrected chi connectivity index (χ1v) is 6.63. The lowest BCUT2D eigenvalue weighted by atomic mass is 10.0. The lowest BCUT2D eigenvalue weighted by Gasteiger charge is -2.13. The summed E-state index contributed by atoms with van der Waals surface area (Å²) in [6, 6.07) is 6.37. The van der Waals surface area contributed by atoms with Gasteiger partial charge in [-0.15, -0.1) is 10.2 Å². The summed E-state index contributed by atoms with van der Waals surface area (Å²) in [7, 11) is 0. The molecule has 0 amide bonds. The Morgan fingerprint density at radius 2 is 2.11 bits per heavy atom. The highest BCUT2D eigenvalue weighted by atomic mass is 16.5. The van der Waals surface area contributed by atoms with Crippen molar-refractivity contribution in [3.8, 4) is 5.75 Å². The smallest absolute Gasteiger partial charge is 0.174 e. The third kappa shape index (κ3) is 4.05. The average molecular weight is 260 g/mol. The maximum atomic E-state index is 5.73. The van der Waals surface area contributed by atoms with E-state index in [1.54, 1.807) is 0 Å². The molecule has 0 saturated heterocycles. The van der Waals surface area contributed by atoms with Crippen molar-refractivity contribution in [1.29, 1.82) is 0 Å². The first-order valence-electron chi connectivity index (χ1n) is 6.63. The molecule has 0 aliphatic carbocycles. The number of nitrogens with one attached hydrogen (secondary N) is 1. The molecule has 0 atom stereocenters. The molecule has 0 bridgehead atoms. The zero-order chi connectivity index (χ0) is 13.7. The van der Waals surface area contributed by atoms with Gasteiger partial charge < -0.3 is 4.74 Å². The molecule has 102 valence electrons. The van der Waals surface area contributed by atoms with Crippen LogP contribution in [0.3, 0.4) is 0 Å². The van der Waals surface area contributed by atoms with Crippen LogP contribution < -0.4 is 4.74 Å². The number of aromatic nitrogens is 4. The zero-order valence-electron chi connectivity index (χ0n) is 11.7. The second kappa shape index (κ2) is 6.31. The molecular weight excluding hydrogens is 240 g/mol. The standard InChI is InChI=1S/C14H20N4O/c1-10(2)19-13-8-7-12(9-11(13)3)5-4-6-14-15-17-18-16-14/h7-10H,4-6H2,1-3H3,(H,15,16,17,18). The Kier molecular flexibility index (Phi) is 4.49. The summed E-state index contributed by atoms with van der Waals surface area (Å²) in [5, 5.41) is 13.9. The van der Waals surface area contributed by atoms with E-state index in [4.69, 9.17) is 4.74 Å². The van der Waals surface area contributed by atoms with Crippen LogP contribution in [0, 0.1) is 6.92 Å². The van der Waals surface area contributed by atoms with Gasteiger partial charge in [-0.2, -0.15) is 5.21 Å². The van der Waals surface area contributed by atoms with Gasteiger partial charge in [0.25, 0.3) is 0 Å². The largest absolute Gasteiger partial charge is 0.491 e. The number of rotatable bonds is 6. The monoisotopic (exact) mass is 260 g/mol. The van der Waals surface area contributed by atoms with E-state index in [1.807, 2.05) is 13.8 Å². The molecule has 5 heteroatoms. The molecule has 1 aromatic heterocycles. The summed E-state index contributed by atoms with van der Waals surface area (Å²) in [5.41, 5.74) is 2.50. The molecule has 0 fully saturated rings. The predicted molar refractivity (Wildman–Crippen MR) is 73.1 cm³/mol. The van der Waals surface area contributed by atoms with E-state index in [1.165, 1.54) is 11.1 Å². The highest BCUT2D eigenvalue weighted by Crippen LogP contribution is 2.21. The summed E-state index contributed by atoms with van der Waals surface area (Å²) in [6.45, 7) is 6.16. The van der Waals surface area contributed by atoms with E-state index in [2.05, 4.69) is 45.7 Å². The van der Waals surface area contributed by atoms with Crippen LogP contribution in [0.25, 0.3) is 0 Å². The minimum atomic E-state index is 0.211. The lowest BCUT2D eigenvalue weighted by Crippen LogP contribution is -2.06. The lowest BCUT2D eigenvalue weighted by molar-refractivity contribution is 0.240. The van der Waals surface area contributed by atoms with Crippen LogP contribution in [0.1, 0.15) is 37.2 Å². The average Bonchev–Trinajstić information content (AvgIpc) is 2.85. The van der Waals surface area contributed by atoms with Crippen molar-refractivity contribution in [3.63, 3.8) is 0 Å². The second-order valence-electron chi connectivity index (χ2n) is 4.95. The summed E-state index contributed by atoms with van der Waals surface area (Å²) < 4.78 is 5.73. The molecule has 5 nitrogen and oxygen atoms in total. The fourth-order valence-electron chi connectivity index (χ4n) is 1.99. The molecule has 0 aliphatic heterocycles. The molecule has 1 N–H and O–H groups in total. The van der Waals surface area contributed by atoms with Gasteiger partial charge in [0.05, 0.1) is 6.10 Å². The van der Waals surface area contributed by atoms with Crippen LogP contribution in [0.5, 0.6) is 5.75 Å². The summed E-state index contributed by atoms with van der Waals surface area (Å²) >= 11 is 0. The van der Waals surface area contributed by atoms with E-state index in [0.717, 1.165) is 30.8 Å². The summed E-state index contributed by atoms with van der Waals surface area (Å²) in [6.07, 6.45) is 3.09. The van der Waals surface area contributed by atoms with Crippen LogP contribution in [-0.2, 0) is 12.8 Å². The van der Waals surface area contributed by atoms with Gasteiger partial charge in [0, 0.05) is 6.42 Å². The van der Waals surface area contributed by atoms with Crippen LogP contribution in [0.2, 0.25) is 0 Å².